The minimum absolute atomic E-state index is 0.0639. The molecule has 3 aromatic carbocycles. The van der Waals surface area contributed by atoms with Gasteiger partial charge in [0.1, 0.15) is 11.5 Å². The number of hydrogen-bond acceptors (Lipinski definition) is 7. The largest absolute Gasteiger partial charge is 0.497 e. The molecule has 1 saturated carbocycles. The topological polar surface area (TPSA) is 91.8 Å². The van der Waals surface area contributed by atoms with Gasteiger partial charge in [-0.3, -0.25) is 9.69 Å². The molecule has 0 bridgehead atoms. The molecule has 2 aliphatic heterocycles. The van der Waals surface area contributed by atoms with Gasteiger partial charge in [0.2, 0.25) is 10.0 Å². The summed E-state index contributed by atoms with van der Waals surface area (Å²) in [5, 5.41) is 6.82. The van der Waals surface area contributed by atoms with Crippen molar-refractivity contribution in [3.63, 3.8) is 0 Å². The molecule has 2 fully saturated rings. The molecule has 1 amide bonds. The van der Waals surface area contributed by atoms with Crippen molar-refractivity contribution in [2.24, 2.45) is 11.0 Å². The van der Waals surface area contributed by atoms with Gasteiger partial charge in [-0.25, -0.2) is 13.4 Å². The highest BCUT2D eigenvalue weighted by Crippen LogP contribution is 2.45. The quantitative estimate of drug-likeness (QED) is 0.271. The highest BCUT2D eigenvalue weighted by atomic mass is 32.2. The molecule has 3 aromatic rings. The summed E-state index contributed by atoms with van der Waals surface area (Å²) in [7, 11) is -0.379. The molecule has 0 radical (unpaired) electrons. The summed E-state index contributed by atoms with van der Waals surface area (Å²) in [6.45, 7) is 11.2. The fourth-order valence-corrected chi connectivity index (χ4v) is 9.59. The van der Waals surface area contributed by atoms with E-state index in [4.69, 9.17) is 14.6 Å². The predicted octanol–water partition coefficient (Wildman–Crippen LogP) is 6.46. The standard InChI is InChI=1S/C39H48N4O5S/c1-25-23-26(2)28(4)38(27(25)3)49(45,46)42-21-19-41(20-22-42)29(5)39(44)43-37(31-13-17-34(48-7)18-14-31)35-10-8-9-32(36(35)40-43)24-30-11-15-33(47-6)16-12-30/h11-18,23-24,29,35,37H,8-10,19-22H2,1-7H3/b32-24+. The Hall–Kier alpha value is -3.99. The van der Waals surface area contributed by atoms with Gasteiger partial charge in [0.25, 0.3) is 5.91 Å². The zero-order chi connectivity index (χ0) is 35.0. The number of benzene rings is 3. The number of methoxy groups -OCH3 is 2. The number of amides is 1. The number of hydrazone groups is 1. The van der Waals surface area contributed by atoms with Crippen molar-refractivity contribution in [3.05, 3.63) is 93.6 Å². The molecule has 49 heavy (non-hydrogen) atoms. The van der Waals surface area contributed by atoms with Crippen molar-refractivity contribution in [2.45, 2.75) is 70.9 Å². The summed E-state index contributed by atoms with van der Waals surface area (Å²) < 4.78 is 40.2. The number of fused-ring (bicyclic) bond motifs is 1. The molecule has 1 aliphatic carbocycles. The van der Waals surface area contributed by atoms with Crippen LogP contribution in [0.3, 0.4) is 0 Å². The monoisotopic (exact) mass is 684 g/mol. The maximum absolute atomic E-state index is 14.5. The number of nitrogens with zero attached hydrogens (tertiary/aromatic N) is 4. The van der Waals surface area contributed by atoms with Gasteiger partial charge in [0.05, 0.1) is 36.9 Å². The van der Waals surface area contributed by atoms with E-state index in [9.17, 15) is 13.2 Å². The van der Waals surface area contributed by atoms with Crippen LogP contribution in [-0.4, -0.2) is 80.7 Å². The number of allylic oxidation sites excluding steroid dienone is 1. The second-order valence-corrected chi connectivity index (χ2v) is 15.4. The number of aryl methyl sites for hydroxylation is 2. The van der Waals surface area contributed by atoms with E-state index >= 15 is 0 Å². The minimum Gasteiger partial charge on any atom is -0.497 e. The van der Waals surface area contributed by atoms with E-state index in [0.29, 0.717) is 31.1 Å². The summed E-state index contributed by atoms with van der Waals surface area (Å²) in [6, 6.07) is 17.3. The molecule has 3 unspecified atom stereocenters. The number of carbonyl (C=O) groups is 1. The zero-order valence-corrected chi connectivity index (χ0v) is 30.5. The van der Waals surface area contributed by atoms with Crippen molar-refractivity contribution in [2.75, 3.05) is 40.4 Å². The van der Waals surface area contributed by atoms with Crippen LogP contribution in [0, 0.1) is 33.6 Å². The van der Waals surface area contributed by atoms with Crippen LogP contribution >= 0.6 is 0 Å². The second kappa shape index (κ2) is 14.1. The predicted molar refractivity (Wildman–Crippen MR) is 194 cm³/mol. The third-order valence-electron chi connectivity index (χ3n) is 10.7. The van der Waals surface area contributed by atoms with Crippen molar-refractivity contribution in [3.8, 4) is 11.5 Å². The minimum atomic E-state index is -3.69. The van der Waals surface area contributed by atoms with Crippen LogP contribution in [0.5, 0.6) is 11.5 Å². The van der Waals surface area contributed by atoms with E-state index < -0.39 is 16.1 Å². The Balaban J connectivity index is 1.26. The van der Waals surface area contributed by atoms with Gasteiger partial charge in [0.15, 0.2) is 0 Å². The SMILES string of the molecule is COc1ccc(/C=C2\CCCC3C2=NN(C(=O)C(C)N2CCN(S(=O)(=O)c4c(C)c(C)cc(C)c4C)CC2)C3c2ccc(OC)cc2)cc1. The van der Waals surface area contributed by atoms with Crippen LogP contribution in [-0.2, 0) is 14.8 Å². The number of rotatable bonds is 8. The Kier molecular flexibility index (Phi) is 10.0. The molecule has 2 heterocycles. The second-order valence-electron chi connectivity index (χ2n) is 13.5. The first-order chi connectivity index (χ1) is 23.4. The first-order valence-electron chi connectivity index (χ1n) is 17.2. The molecule has 10 heteroatoms. The lowest BCUT2D eigenvalue weighted by Gasteiger charge is -2.39. The zero-order valence-electron chi connectivity index (χ0n) is 29.7. The molecule has 3 atom stereocenters. The number of sulfonamides is 1. The smallest absolute Gasteiger partial charge is 0.260 e. The molecular formula is C39H48N4O5S. The summed E-state index contributed by atoms with van der Waals surface area (Å²) in [4.78, 5) is 17.0. The fourth-order valence-electron chi connectivity index (χ4n) is 7.59. The highest BCUT2D eigenvalue weighted by molar-refractivity contribution is 7.89. The third-order valence-corrected chi connectivity index (χ3v) is 12.9. The normalized spacial score (nSPS) is 21.7. The van der Waals surface area contributed by atoms with Crippen LogP contribution < -0.4 is 9.47 Å². The average molecular weight is 685 g/mol. The maximum atomic E-state index is 14.5. The fraction of sp³-hybridized carbons (Fsp3) is 0.436. The first kappa shape index (κ1) is 34.9. The Morgan fingerprint density at radius 1 is 0.878 bits per heavy atom. The van der Waals surface area contributed by atoms with E-state index in [-0.39, 0.29) is 17.9 Å². The van der Waals surface area contributed by atoms with Gasteiger partial charge in [-0.2, -0.15) is 9.41 Å². The van der Waals surface area contributed by atoms with Crippen LogP contribution in [0.15, 0.2) is 70.2 Å². The van der Waals surface area contributed by atoms with Gasteiger partial charge in [-0.05, 0) is 123 Å². The van der Waals surface area contributed by atoms with E-state index in [1.807, 2.05) is 89.2 Å². The number of piperazine rings is 1. The van der Waals surface area contributed by atoms with Crippen molar-refractivity contribution < 1.29 is 22.7 Å². The average Bonchev–Trinajstić information content (AvgIpc) is 3.51. The molecule has 0 spiro atoms. The van der Waals surface area contributed by atoms with Gasteiger partial charge in [-0.1, -0.05) is 30.3 Å². The number of hydrogen-bond donors (Lipinski definition) is 0. The van der Waals surface area contributed by atoms with Crippen molar-refractivity contribution >= 4 is 27.7 Å². The molecule has 6 rings (SSSR count). The molecule has 9 nitrogen and oxygen atoms in total. The van der Waals surface area contributed by atoms with E-state index in [2.05, 4.69) is 11.0 Å². The summed E-state index contributed by atoms with van der Waals surface area (Å²) in [5.74, 6) is 1.55. The van der Waals surface area contributed by atoms with Gasteiger partial charge in [0, 0.05) is 32.1 Å². The molecular weight excluding hydrogens is 637 g/mol. The molecule has 260 valence electrons. The van der Waals surface area contributed by atoms with Crippen LogP contribution in [0.25, 0.3) is 6.08 Å². The lowest BCUT2D eigenvalue weighted by Crippen LogP contribution is -2.55. The highest BCUT2D eigenvalue weighted by Gasteiger charge is 2.46. The van der Waals surface area contributed by atoms with Crippen LogP contribution in [0.4, 0.5) is 0 Å². The lowest BCUT2D eigenvalue weighted by atomic mass is 9.77. The summed E-state index contributed by atoms with van der Waals surface area (Å²) >= 11 is 0. The Morgan fingerprint density at radius 3 is 2.02 bits per heavy atom. The Morgan fingerprint density at radius 2 is 1.45 bits per heavy atom. The summed E-state index contributed by atoms with van der Waals surface area (Å²) in [5.41, 5.74) is 7.75. The maximum Gasteiger partial charge on any atom is 0.260 e. The first-order valence-corrected chi connectivity index (χ1v) is 18.6. The molecule has 3 aliphatic rings. The molecule has 0 N–H and O–H groups in total. The Bertz CT molecular complexity index is 1850. The van der Waals surface area contributed by atoms with E-state index in [1.165, 1.54) is 0 Å². The van der Waals surface area contributed by atoms with Crippen molar-refractivity contribution in [1.82, 2.24) is 14.2 Å². The van der Waals surface area contributed by atoms with E-state index in [0.717, 1.165) is 75.4 Å². The van der Waals surface area contributed by atoms with Crippen molar-refractivity contribution in [1.29, 1.82) is 0 Å². The van der Waals surface area contributed by atoms with E-state index in [1.54, 1.807) is 23.5 Å². The van der Waals surface area contributed by atoms with Gasteiger partial charge < -0.3 is 9.47 Å². The molecule has 1 saturated heterocycles. The van der Waals surface area contributed by atoms with Gasteiger partial charge in [-0.15, -0.1) is 0 Å². The third kappa shape index (κ3) is 6.66. The number of ether oxygens (including phenoxy) is 2. The summed E-state index contributed by atoms with van der Waals surface area (Å²) in [6.07, 6.45) is 5.02. The van der Waals surface area contributed by atoms with Gasteiger partial charge >= 0.3 is 0 Å². The number of carbonyl (C=O) groups excluding carboxylic acids is 1. The van der Waals surface area contributed by atoms with Crippen LogP contribution in [0.1, 0.15) is 65.6 Å². The molecule has 0 aromatic heterocycles. The Labute approximate surface area is 291 Å². The van der Waals surface area contributed by atoms with Crippen LogP contribution in [0.2, 0.25) is 0 Å². The lowest BCUT2D eigenvalue weighted by molar-refractivity contribution is -0.139.